The number of anilines is 1. The molecule has 0 fully saturated rings. The second-order valence-corrected chi connectivity index (χ2v) is 6.23. The molecule has 0 spiro atoms. The molecule has 0 atom stereocenters. The smallest absolute Gasteiger partial charge is 0.230 e. The first-order valence-corrected chi connectivity index (χ1v) is 7.81. The highest BCUT2D eigenvalue weighted by Gasteiger charge is 2.11. The van der Waals surface area contributed by atoms with Crippen LogP contribution >= 0.6 is 11.3 Å². The minimum absolute atomic E-state index is 0.111. The number of nitrogens with zero attached hydrogens (tertiary/aromatic N) is 1. The maximum Gasteiger partial charge on any atom is 0.230 e. The van der Waals surface area contributed by atoms with Crippen molar-refractivity contribution in [3.8, 4) is 11.5 Å². The van der Waals surface area contributed by atoms with E-state index in [0.29, 0.717) is 22.5 Å². The molecule has 2 aromatic rings. The summed E-state index contributed by atoms with van der Waals surface area (Å²) >= 11 is 1.50. The molecule has 0 aliphatic carbocycles. The number of hydrogen-bond acceptors (Lipinski definition) is 5. The van der Waals surface area contributed by atoms with Gasteiger partial charge in [-0.1, -0.05) is 13.8 Å². The molecular weight excluding hydrogens is 300 g/mol. The summed E-state index contributed by atoms with van der Waals surface area (Å²) in [6, 6.07) is 5.42. The van der Waals surface area contributed by atoms with Gasteiger partial charge in [0, 0.05) is 17.1 Å². The van der Waals surface area contributed by atoms with Crippen molar-refractivity contribution in [1.29, 1.82) is 0 Å². The Kier molecular flexibility index (Phi) is 5.38. The van der Waals surface area contributed by atoms with Crippen LogP contribution in [0.25, 0.3) is 0 Å². The molecule has 118 valence electrons. The van der Waals surface area contributed by atoms with Crippen molar-refractivity contribution in [2.24, 2.45) is 0 Å². The summed E-state index contributed by atoms with van der Waals surface area (Å²) in [6.45, 7) is 4.20. The molecule has 1 N–H and O–H groups in total. The van der Waals surface area contributed by atoms with Crippen LogP contribution < -0.4 is 14.8 Å². The SMILES string of the molecule is COc1cc(CC(=O)Nc2ncc(C(C)C)s2)cc(OC)c1. The van der Waals surface area contributed by atoms with Gasteiger partial charge in [0.25, 0.3) is 0 Å². The van der Waals surface area contributed by atoms with Crippen molar-refractivity contribution < 1.29 is 14.3 Å². The van der Waals surface area contributed by atoms with E-state index in [9.17, 15) is 4.79 Å². The van der Waals surface area contributed by atoms with Crippen molar-refractivity contribution in [2.75, 3.05) is 19.5 Å². The summed E-state index contributed by atoms with van der Waals surface area (Å²) in [6.07, 6.45) is 2.05. The topological polar surface area (TPSA) is 60.5 Å². The van der Waals surface area contributed by atoms with Crippen LogP contribution in [0.3, 0.4) is 0 Å². The lowest BCUT2D eigenvalue weighted by atomic mass is 10.1. The Hall–Kier alpha value is -2.08. The Morgan fingerprint density at radius 1 is 1.23 bits per heavy atom. The van der Waals surface area contributed by atoms with Crippen LogP contribution in [-0.4, -0.2) is 25.1 Å². The van der Waals surface area contributed by atoms with Crippen molar-refractivity contribution in [1.82, 2.24) is 4.98 Å². The summed E-state index contributed by atoms with van der Waals surface area (Å²) in [5.41, 5.74) is 0.828. The number of carbonyl (C=O) groups is 1. The van der Waals surface area contributed by atoms with Crippen LogP contribution in [0.1, 0.15) is 30.2 Å². The van der Waals surface area contributed by atoms with Gasteiger partial charge in [0.15, 0.2) is 5.13 Å². The third-order valence-corrected chi connectivity index (χ3v) is 4.33. The molecular formula is C16H20N2O3S. The molecule has 0 aliphatic rings. The summed E-state index contributed by atoms with van der Waals surface area (Å²) in [4.78, 5) is 17.5. The summed E-state index contributed by atoms with van der Waals surface area (Å²) in [7, 11) is 3.17. The first-order chi connectivity index (χ1) is 10.5. The molecule has 1 aromatic carbocycles. The number of nitrogens with one attached hydrogen (secondary N) is 1. The number of rotatable bonds is 6. The van der Waals surface area contributed by atoms with E-state index >= 15 is 0 Å². The zero-order chi connectivity index (χ0) is 16.1. The lowest BCUT2D eigenvalue weighted by Crippen LogP contribution is -2.14. The molecule has 0 unspecified atom stereocenters. The van der Waals surface area contributed by atoms with Gasteiger partial charge in [0.1, 0.15) is 11.5 Å². The summed E-state index contributed by atoms with van der Waals surface area (Å²) in [5, 5.41) is 3.46. The lowest BCUT2D eigenvalue weighted by Gasteiger charge is -2.08. The van der Waals surface area contributed by atoms with E-state index in [1.807, 2.05) is 12.1 Å². The Labute approximate surface area is 134 Å². The predicted molar refractivity (Wildman–Crippen MR) is 88.1 cm³/mol. The molecule has 2 rings (SSSR count). The Morgan fingerprint density at radius 3 is 2.36 bits per heavy atom. The van der Waals surface area contributed by atoms with E-state index in [0.717, 1.165) is 10.4 Å². The fraction of sp³-hybridized carbons (Fsp3) is 0.375. The molecule has 0 aliphatic heterocycles. The van der Waals surface area contributed by atoms with Gasteiger partial charge in [-0.05, 0) is 23.6 Å². The highest BCUT2D eigenvalue weighted by Crippen LogP contribution is 2.26. The zero-order valence-corrected chi connectivity index (χ0v) is 14.0. The van der Waals surface area contributed by atoms with Gasteiger partial charge >= 0.3 is 0 Å². The number of hydrogen-bond donors (Lipinski definition) is 1. The number of amides is 1. The fourth-order valence-corrected chi connectivity index (χ4v) is 2.76. The standard InChI is InChI=1S/C16H20N2O3S/c1-10(2)14-9-17-16(22-14)18-15(19)7-11-5-12(20-3)8-13(6-11)21-4/h5-6,8-10H,7H2,1-4H3,(H,17,18,19). The largest absolute Gasteiger partial charge is 0.497 e. The predicted octanol–water partition coefficient (Wildman–Crippen LogP) is 3.46. The van der Waals surface area contributed by atoms with Crippen LogP contribution in [0.5, 0.6) is 11.5 Å². The Bertz CT molecular complexity index is 630. The zero-order valence-electron chi connectivity index (χ0n) is 13.2. The molecule has 1 heterocycles. The number of methoxy groups -OCH3 is 2. The maximum atomic E-state index is 12.1. The molecule has 0 saturated heterocycles. The second kappa shape index (κ2) is 7.26. The maximum absolute atomic E-state index is 12.1. The van der Waals surface area contributed by atoms with Crippen LogP contribution in [0.2, 0.25) is 0 Å². The third-order valence-electron chi connectivity index (χ3n) is 3.11. The van der Waals surface area contributed by atoms with Crippen molar-refractivity contribution >= 4 is 22.4 Å². The van der Waals surface area contributed by atoms with E-state index in [4.69, 9.17) is 9.47 Å². The minimum Gasteiger partial charge on any atom is -0.497 e. The summed E-state index contributed by atoms with van der Waals surface area (Å²) < 4.78 is 10.4. The van der Waals surface area contributed by atoms with Gasteiger partial charge < -0.3 is 14.8 Å². The Morgan fingerprint density at radius 2 is 1.86 bits per heavy atom. The van der Waals surface area contributed by atoms with Crippen molar-refractivity contribution in [3.05, 3.63) is 34.8 Å². The molecule has 6 heteroatoms. The van der Waals surface area contributed by atoms with Crippen LogP contribution in [0.15, 0.2) is 24.4 Å². The van der Waals surface area contributed by atoms with Gasteiger partial charge in [-0.25, -0.2) is 4.98 Å². The number of benzene rings is 1. The van der Waals surface area contributed by atoms with Gasteiger partial charge in [-0.15, -0.1) is 11.3 Å². The molecule has 0 saturated carbocycles. The highest BCUT2D eigenvalue weighted by molar-refractivity contribution is 7.15. The van der Waals surface area contributed by atoms with Gasteiger partial charge in [0.05, 0.1) is 20.6 Å². The van der Waals surface area contributed by atoms with Crippen molar-refractivity contribution in [3.63, 3.8) is 0 Å². The first-order valence-electron chi connectivity index (χ1n) is 6.99. The van der Waals surface area contributed by atoms with E-state index in [1.54, 1.807) is 26.5 Å². The summed E-state index contributed by atoms with van der Waals surface area (Å²) in [5.74, 6) is 1.63. The van der Waals surface area contributed by atoms with E-state index in [1.165, 1.54) is 11.3 Å². The van der Waals surface area contributed by atoms with Crippen molar-refractivity contribution in [2.45, 2.75) is 26.2 Å². The van der Waals surface area contributed by atoms with E-state index in [-0.39, 0.29) is 12.3 Å². The van der Waals surface area contributed by atoms with Crippen LogP contribution in [0, 0.1) is 0 Å². The monoisotopic (exact) mass is 320 g/mol. The van der Waals surface area contributed by atoms with Gasteiger partial charge in [-0.3, -0.25) is 4.79 Å². The van der Waals surface area contributed by atoms with E-state index < -0.39 is 0 Å². The van der Waals surface area contributed by atoms with E-state index in [2.05, 4.69) is 24.1 Å². The van der Waals surface area contributed by atoms with Gasteiger partial charge in [0.2, 0.25) is 5.91 Å². The lowest BCUT2D eigenvalue weighted by molar-refractivity contribution is -0.115. The number of carbonyl (C=O) groups excluding carboxylic acids is 1. The third kappa shape index (κ3) is 4.21. The van der Waals surface area contributed by atoms with Gasteiger partial charge in [-0.2, -0.15) is 0 Å². The highest BCUT2D eigenvalue weighted by atomic mass is 32.1. The first kappa shape index (κ1) is 16.3. The quantitative estimate of drug-likeness (QED) is 0.885. The normalized spacial score (nSPS) is 10.6. The number of thiazole rings is 1. The average Bonchev–Trinajstić information content (AvgIpc) is 2.95. The molecule has 0 radical (unpaired) electrons. The second-order valence-electron chi connectivity index (χ2n) is 5.17. The minimum atomic E-state index is -0.111. The molecule has 0 bridgehead atoms. The number of ether oxygens (including phenoxy) is 2. The molecule has 1 aromatic heterocycles. The van der Waals surface area contributed by atoms with Crippen LogP contribution in [-0.2, 0) is 11.2 Å². The fourth-order valence-electron chi connectivity index (χ4n) is 1.93. The average molecular weight is 320 g/mol. The number of aromatic nitrogens is 1. The van der Waals surface area contributed by atoms with Crippen LogP contribution in [0.4, 0.5) is 5.13 Å². The molecule has 5 nitrogen and oxygen atoms in total. The molecule has 22 heavy (non-hydrogen) atoms. The Balaban J connectivity index is 2.04. The molecule has 1 amide bonds.